The van der Waals surface area contributed by atoms with Crippen LogP contribution in [-0.4, -0.2) is 45.8 Å². The smallest absolute Gasteiger partial charge is 0.345 e. The van der Waals surface area contributed by atoms with Gasteiger partial charge in [-0.15, -0.1) is 11.3 Å². The first-order chi connectivity index (χ1) is 17.2. The van der Waals surface area contributed by atoms with Gasteiger partial charge in [-0.2, -0.15) is 0 Å². The van der Waals surface area contributed by atoms with Gasteiger partial charge in [0, 0.05) is 40.3 Å². The summed E-state index contributed by atoms with van der Waals surface area (Å²) in [6.45, 7) is 15.5. The summed E-state index contributed by atoms with van der Waals surface area (Å²) in [5.74, 6) is -1.99. The second-order valence-electron chi connectivity index (χ2n) is 11.7. The zero-order valence-corrected chi connectivity index (χ0v) is 23.5. The summed E-state index contributed by atoms with van der Waals surface area (Å²) >= 11 is 1.24. The minimum absolute atomic E-state index is 0.213. The lowest BCUT2D eigenvalue weighted by Gasteiger charge is -2.41. The van der Waals surface area contributed by atoms with Crippen LogP contribution in [0.4, 0.5) is 5.69 Å². The van der Waals surface area contributed by atoms with Gasteiger partial charge in [0.25, 0.3) is 0 Å². The van der Waals surface area contributed by atoms with Crippen molar-refractivity contribution in [3.63, 3.8) is 0 Å². The summed E-state index contributed by atoms with van der Waals surface area (Å²) in [4.78, 5) is 31.6. The largest absolute Gasteiger partial charge is 0.479 e. The van der Waals surface area contributed by atoms with Crippen LogP contribution in [-0.2, 0) is 9.53 Å². The fraction of sp³-hybridized carbons (Fsp3) is 0.483. The van der Waals surface area contributed by atoms with E-state index in [9.17, 15) is 19.8 Å². The maximum Gasteiger partial charge on any atom is 0.345 e. The van der Waals surface area contributed by atoms with E-state index in [1.807, 2.05) is 52.8 Å². The summed E-state index contributed by atoms with van der Waals surface area (Å²) in [7, 11) is 0. The molecule has 1 atom stereocenters. The van der Waals surface area contributed by atoms with Gasteiger partial charge in [0.15, 0.2) is 6.10 Å². The maximum absolute atomic E-state index is 12.6. The number of fused-ring (bicyclic) bond motifs is 1. The molecule has 0 bridgehead atoms. The van der Waals surface area contributed by atoms with Gasteiger partial charge in [-0.3, -0.25) is 4.98 Å². The topological polar surface area (TPSA) is 100.0 Å². The predicted octanol–water partition coefficient (Wildman–Crippen LogP) is 6.85. The number of rotatable bonds is 6. The van der Waals surface area contributed by atoms with Crippen molar-refractivity contribution < 1.29 is 24.5 Å². The van der Waals surface area contributed by atoms with Crippen LogP contribution in [0, 0.1) is 19.3 Å². The number of ether oxygens (including phenoxy) is 1. The molecule has 37 heavy (non-hydrogen) atoms. The van der Waals surface area contributed by atoms with Crippen molar-refractivity contribution in [2.24, 2.45) is 5.41 Å². The number of nitrogens with zero attached hydrogens (tertiary/aromatic N) is 2. The molecule has 0 aliphatic carbocycles. The van der Waals surface area contributed by atoms with Gasteiger partial charge < -0.3 is 19.8 Å². The van der Waals surface area contributed by atoms with Crippen molar-refractivity contribution in [3.8, 4) is 11.1 Å². The number of aryl methyl sites for hydroxylation is 2. The molecule has 2 N–H and O–H groups in total. The number of carbonyl (C=O) groups is 2. The van der Waals surface area contributed by atoms with Crippen molar-refractivity contribution in [1.82, 2.24) is 4.98 Å². The van der Waals surface area contributed by atoms with Gasteiger partial charge in [-0.05, 0) is 82.0 Å². The molecule has 0 amide bonds. The van der Waals surface area contributed by atoms with Crippen molar-refractivity contribution in [3.05, 3.63) is 46.1 Å². The molecule has 0 radical (unpaired) electrons. The third-order valence-corrected chi connectivity index (χ3v) is 8.09. The number of anilines is 1. The van der Waals surface area contributed by atoms with Crippen molar-refractivity contribution in [2.75, 3.05) is 18.0 Å². The molecule has 0 saturated carbocycles. The first kappa shape index (κ1) is 27.1. The molecule has 1 fully saturated rings. The number of carboxylic acids is 2. The number of aliphatic carboxylic acids is 1. The summed E-state index contributed by atoms with van der Waals surface area (Å²) < 4.78 is 7.03. The first-order valence-electron chi connectivity index (χ1n) is 12.6. The minimum atomic E-state index is -1.18. The SMILES string of the molecule is Cc1nc(C)c(C(OC(C)(C)C)C(=O)O)c(N2CCC(C)(C)CC2)c1-c1ccc2sc(C(=O)O)cc2c1. The summed E-state index contributed by atoms with van der Waals surface area (Å²) in [5.41, 5.74) is 4.17. The minimum Gasteiger partial charge on any atom is -0.479 e. The molecule has 1 aliphatic rings. The molecule has 8 heteroatoms. The second-order valence-corrected chi connectivity index (χ2v) is 12.8. The molecule has 3 aromatic rings. The van der Waals surface area contributed by atoms with Crippen LogP contribution in [0.1, 0.15) is 80.2 Å². The van der Waals surface area contributed by atoms with Crippen LogP contribution >= 0.6 is 11.3 Å². The molecule has 1 aromatic carbocycles. The van der Waals surface area contributed by atoms with Crippen molar-refractivity contribution in [2.45, 2.75) is 73.0 Å². The Labute approximate surface area is 222 Å². The average Bonchev–Trinajstić information content (AvgIpc) is 3.21. The van der Waals surface area contributed by atoms with E-state index < -0.39 is 23.6 Å². The Bertz CT molecular complexity index is 1360. The highest BCUT2D eigenvalue weighted by molar-refractivity contribution is 7.20. The highest BCUT2D eigenvalue weighted by atomic mass is 32.1. The van der Waals surface area contributed by atoms with E-state index in [1.54, 1.807) is 6.07 Å². The molecule has 3 heterocycles. The van der Waals surface area contributed by atoms with Crippen LogP contribution in [0.25, 0.3) is 21.2 Å². The van der Waals surface area contributed by atoms with Gasteiger partial charge in [0.1, 0.15) is 4.88 Å². The molecule has 198 valence electrons. The predicted molar refractivity (Wildman–Crippen MR) is 148 cm³/mol. The van der Waals surface area contributed by atoms with Gasteiger partial charge in [-0.25, -0.2) is 9.59 Å². The number of piperidine rings is 1. The van der Waals surface area contributed by atoms with Gasteiger partial charge >= 0.3 is 11.9 Å². The standard InChI is InChI=1S/C29H36N2O5S/c1-16-22(18-8-9-20-19(14-18)15-21(37-20)26(32)33)24(31-12-10-29(6,7)11-13-31)23(17(2)30-16)25(27(34)35)36-28(3,4)5/h8-9,14-15,25H,10-13H2,1-7H3,(H,32,33)(H,34,35). The van der Waals surface area contributed by atoms with Crippen LogP contribution in [0.15, 0.2) is 24.3 Å². The third-order valence-electron chi connectivity index (χ3n) is 6.99. The number of hydrogen-bond donors (Lipinski definition) is 2. The first-order valence-corrected chi connectivity index (χ1v) is 13.4. The molecule has 1 aliphatic heterocycles. The second kappa shape index (κ2) is 9.72. The van der Waals surface area contributed by atoms with E-state index >= 15 is 0 Å². The van der Waals surface area contributed by atoms with E-state index in [4.69, 9.17) is 9.72 Å². The van der Waals surface area contributed by atoms with Gasteiger partial charge in [0.2, 0.25) is 0 Å². The summed E-state index contributed by atoms with van der Waals surface area (Å²) in [6.07, 6.45) is 0.783. The van der Waals surface area contributed by atoms with Gasteiger partial charge in [0.05, 0.1) is 11.3 Å². The van der Waals surface area contributed by atoms with E-state index in [2.05, 4.69) is 18.7 Å². The zero-order valence-electron chi connectivity index (χ0n) is 22.6. The molecular formula is C29H36N2O5S. The highest BCUT2D eigenvalue weighted by Gasteiger charge is 2.36. The Morgan fingerprint density at radius 2 is 1.73 bits per heavy atom. The Morgan fingerprint density at radius 1 is 1.08 bits per heavy atom. The molecule has 1 saturated heterocycles. The Balaban J connectivity index is 1.99. The van der Waals surface area contributed by atoms with Crippen LogP contribution in [0.3, 0.4) is 0 Å². The van der Waals surface area contributed by atoms with Crippen molar-refractivity contribution >= 4 is 39.0 Å². The Kier molecular flexibility index (Phi) is 7.12. The Morgan fingerprint density at radius 3 is 2.30 bits per heavy atom. The lowest BCUT2D eigenvalue weighted by molar-refractivity contribution is -0.160. The molecule has 7 nitrogen and oxygen atoms in total. The molecule has 2 aromatic heterocycles. The lowest BCUT2D eigenvalue weighted by Crippen LogP contribution is -2.39. The average molecular weight is 525 g/mol. The van der Waals surface area contributed by atoms with Crippen LogP contribution < -0.4 is 4.90 Å². The maximum atomic E-state index is 12.6. The fourth-order valence-corrected chi connectivity index (χ4v) is 5.94. The quantitative estimate of drug-likeness (QED) is 0.364. The van der Waals surface area contributed by atoms with Gasteiger partial charge in [-0.1, -0.05) is 19.9 Å². The van der Waals surface area contributed by atoms with Crippen molar-refractivity contribution in [1.29, 1.82) is 0 Å². The number of aromatic nitrogens is 1. The van der Waals surface area contributed by atoms with E-state index in [-0.39, 0.29) is 10.3 Å². The number of pyridine rings is 1. The normalized spacial score (nSPS) is 16.7. The molecule has 4 rings (SSSR count). The molecule has 0 spiro atoms. The molecular weight excluding hydrogens is 488 g/mol. The number of carboxylic acid groups (broad SMARTS) is 2. The third kappa shape index (κ3) is 5.65. The van der Waals surface area contributed by atoms with E-state index in [0.717, 1.165) is 58.5 Å². The number of benzene rings is 1. The molecule has 1 unspecified atom stereocenters. The summed E-state index contributed by atoms with van der Waals surface area (Å²) in [6, 6.07) is 7.59. The van der Waals surface area contributed by atoms with E-state index in [1.165, 1.54) is 11.3 Å². The van der Waals surface area contributed by atoms with Crippen LogP contribution in [0.5, 0.6) is 0 Å². The van der Waals surface area contributed by atoms with E-state index in [0.29, 0.717) is 11.3 Å². The number of hydrogen-bond acceptors (Lipinski definition) is 6. The monoisotopic (exact) mass is 524 g/mol. The number of aromatic carboxylic acids is 1. The fourth-order valence-electron chi connectivity index (χ4n) is 5.06. The highest BCUT2D eigenvalue weighted by Crippen LogP contribution is 2.45. The zero-order chi connectivity index (χ0) is 27.3. The number of thiophene rings is 1. The lowest BCUT2D eigenvalue weighted by atomic mass is 9.81. The van der Waals surface area contributed by atoms with Crippen LogP contribution in [0.2, 0.25) is 0 Å². The summed E-state index contributed by atoms with van der Waals surface area (Å²) in [5, 5.41) is 20.6. The Hall–Kier alpha value is -2.97.